The molecular formula is C13H27NO2. The highest BCUT2D eigenvalue weighted by Crippen LogP contribution is 2.38. The number of esters is 1. The molecule has 0 amide bonds. The van der Waals surface area contributed by atoms with Gasteiger partial charge in [0.1, 0.15) is 5.60 Å². The molecule has 0 aromatic rings. The fourth-order valence-electron chi connectivity index (χ4n) is 1.70. The minimum absolute atomic E-state index is 0.0679. The summed E-state index contributed by atoms with van der Waals surface area (Å²) < 4.78 is 5.63. The highest BCUT2D eigenvalue weighted by atomic mass is 16.6. The fourth-order valence-corrected chi connectivity index (χ4v) is 1.70. The minimum Gasteiger partial charge on any atom is -0.459 e. The van der Waals surface area contributed by atoms with E-state index in [4.69, 9.17) is 10.5 Å². The van der Waals surface area contributed by atoms with Crippen LogP contribution in [0.5, 0.6) is 0 Å². The maximum absolute atomic E-state index is 11.6. The lowest BCUT2D eigenvalue weighted by atomic mass is 9.73. The molecule has 1 unspecified atom stereocenters. The largest absolute Gasteiger partial charge is 0.459 e. The van der Waals surface area contributed by atoms with Crippen LogP contribution >= 0.6 is 0 Å². The number of ether oxygens (including phenoxy) is 1. The van der Waals surface area contributed by atoms with Gasteiger partial charge in [0, 0.05) is 12.0 Å². The third kappa shape index (κ3) is 4.52. The molecule has 0 saturated carbocycles. The van der Waals surface area contributed by atoms with Crippen molar-refractivity contribution in [3.63, 3.8) is 0 Å². The van der Waals surface area contributed by atoms with Crippen molar-refractivity contribution in [2.75, 3.05) is 6.54 Å². The van der Waals surface area contributed by atoms with Gasteiger partial charge in [-0.15, -0.1) is 0 Å². The van der Waals surface area contributed by atoms with Gasteiger partial charge in [0.25, 0.3) is 0 Å². The number of nitrogens with two attached hydrogens (primary N) is 1. The summed E-state index contributed by atoms with van der Waals surface area (Å²) >= 11 is 0. The molecule has 0 radical (unpaired) electrons. The van der Waals surface area contributed by atoms with E-state index in [2.05, 4.69) is 34.6 Å². The van der Waals surface area contributed by atoms with E-state index in [0.29, 0.717) is 18.9 Å². The Kier molecular flexibility index (Phi) is 5.47. The van der Waals surface area contributed by atoms with E-state index in [9.17, 15) is 4.79 Å². The van der Waals surface area contributed by atoms with Gasteiger partial charge in [0.05, 0.1) is 6.42 Å². The number of hydrogen-bond acceptors (Lipinski definition) is 3. The van der Waals surface area contributed by atoms with E-state index in [0.717, 1.165) is 6.42 Å². The molecule has 1 atom stereocenters. The van der Waals surface area contributed by atoms with E-state index >= 15 is 0 Å². The van der Waals surface area contributed by atoms with Crippen LogP contribution < -0.4 is 5.73 Å². The second-order valence-electron chi connectivity index (χ2n) is 6.09. The molecule has 96 valence electrons. The quantitative estimate of drug-likeness (QED) is 0.737. The third-order valence-corrected chi connectivity index (χ3v) is 3.07. The second-order valence-corrected chi connectivity index (χ2v) is 6.09. The number of rotatable bonds is 5. The Morgan fingerprint density at radius 2 is 1.75 bits per heavy atom. The normalized spacial score (nSPS) is 16.0. The van der Waals surface area contributed by atoms with Crippen molar-refractivity contribution in [2.24, 2.45) is 17.1 Å². The molecular weight excluding hydrogens is 202 g/mol. The van der Waals surface area contributed by atoms with Crippen LogP contribution in [0.3, 0.4) is 0 Å². The number of carbonyl (C=O) groups is 1. The first-order valence-corrected chi connectivity index (χ1v) is 6.04. The van der Waals surface area contributed by atoms with Gasteiger partial charge in [-0.2, -0.15) is 0 Å². The Hall–Kier alpha value is -0.570. The maximum Gasteiger partial charge on any atom is 0.307 e. The number of hydrogen-bond donors (Lipinski definition) is 1. The van der Waals surface area contributed by atoms with E-state index < -0.39 is 5.60 Å². The number of carbonyl (C=O) groups excluding carboxylic acids is 1. The predicted molar refractivity (Wildman–Crippen MR) is 67.1 cm³/mol. The lowest BCUT2D eigenvalue weighted by Crippen LogP contribution is -2.45. The van der Waals surface area contributed by atoms with Gasteiger partial charge in [-0.3, -0.25) is 4.79 Å². The first kappa shape index (κ1) is 15.4. The average Bonchev–Trinajstić information content (AvgIpc) is 1.99. The smallest absolute Gasteiger partial charge is 0.307 e. The van der Waals surface area contributed by atoms with Crippen molar-refractivity contribution in [1.29, 1.82) is 0 Å². The highest BCUT2D eigenvalue weighted by Gasteiger charge is 2.41. The summed E-state index contributed by atoms with van der Waals surface area (Å²) in [5.74, 6) is 0.301. The Bertz CT molecular complexity index is 231. The molecule has 0 heterocycles. The molecule has 0 saturated heterocycles. The minimum atomic E-state index is -0.423. The molecule has 3 heteroatoms. The van der Waals surface area contributed by atoms with Crippen LogP contribution in [0.2, 0.25) is 0 Å². The zero-order valence-corrected chi connectivity index (χ0v) is 11.6. The van der Waals surface area contributed by atoms with E-state index in [1.165, 1.54) is 0 Å². The molecule has 0 aromatic carbocycles. The average molecular weight is 229 g/mol. The summed E-state index contributed by atoms with van der Waals surface area (Å²) in [6, 6.07) is 0. The SMILES string of the molecule is CC(C)CC(C)(OC(=O)CCN)C(C)(C)C. The van der Waals surface area contributed by atoms with E-state index in [1.54, 1.807) is 0 Å². The Balaban J connectivity index is 4.74. The Morgan fingerprint density at radius 3 is 2.06 bits per heavy atom. The molecule has 16 heavy (non-hydrogen) atoms. The predicted octanol–water partition coefficient (Wildman–Crippen LogP) is 2.73. The summed E-state index contributed by atoms with van der Waals surface area (Å²) in [5, 5.41) is 0. The second kappa shape index (κ2) is 5.67. The van der Waals surface area contributed by atoms with Crippen LogP contribution in [0, 0.1) is 11.3 Å². The summed E-state index contributed by atoms with van der Waals surface area (Å²) in [6.07, 6.45) is 1.16. The maximum atomic E-state index is 11.6. The third-order valence-electron chi connectivity index (χ3n) is 3.07. The Labute approximate surface area is 99.7 Å². The van der Waals surface area contributed by atoms with Gasteiger partial charge in [-0.25, -0.2) is 0 Å². The zero-order chi connectivity index (χ0) is 13.0. The fraction of sp³-hybridized carbons (Fsp3) is 0.923. The van der Waals surface area contributed by atoms with E-state index in [1.807, 2.05) is 6.92 Å². The van der Waals surface area contributed by atoms with Crippen molar-refractivity contribution in [3.8, 4) is 0 Å². The zero-order valence-electron chi connectivity index (χ0n) is 11.6. The van der Waals surface area contributed by atoms with Crippen molar-refractivity contribution in [3.05, 3.63) is 0 Å². The van der Waals surface area contributed by atoms with Crippen molar-refractivity contribution < 1.29 is 9.53 Å². The standard InChI is InChI=1S/C13H27NO2/c1-10(2)9-13(6,12(3,4)5)16-11(15)7-8-14/h10H,7-9,14H2,1-6H3. The van der Waals surface area contributed by atoms with Crippen LogP contribution in [0.25, 0.3) is 0 Å². The molecule has 0 fully saturated rings. The van der Waals surface area contributed by atoms with Crippen LogP contribution in [-0.4, -0.2) is 18.1 Å². The molecule has 0 bridgehead atoms. The molecule has 2 N–H and O–H groups in total. The first-order valence-electron chi connectivity index (χ1n) is 6.04. The molecule has 0 rings (SSSR count). The van der Waals surface area contributed by atoms with Crippen LogP contribution in [0.1, 0.15) is 54.4 Å². The summed E-state index contributed by atoms with van der Waals surface area (Å²) in [7, 11) is 0. The van der Waals surface area contributed by atoms with Gasteiger partial charge in [0.15, 0.2) is 0 Å². The lowest BCUT2D eigenvalue weighted by molar-refractivity contribution is -0.172. The topological polar surface area (TPSA) is 52.3 Å². The lowest BCUT2D eigenvalue weighted by Gasteiger charge is -2.42. The molecule has 0 aliphatic carbocycles. The van der Waals surface area contributed by atoms with Crippen molar-refractivity contribution >= 4 is 5.97 Å². The van der Waals surface area contributed by atoms with Crippen molar-refractivity contribution in [2.45, 2.75) is 60.0 Å². The van der Waals surface area contributed by atoms with Gasteiger partial charge in [0.2, 0.25) is 0 Å². The molecule has 0 aromatic heterocycles. The monoisotopic (exact) mass is 229 g/mol. The van der Waals surface area contributed by atoms with Crippen molar-refractivity contribution in [1.82, 2.24) is 0 Å². The van der Waals surface area contributed by atoms with E-state index in [-0.39, 0.29) is 11.4 Å². The summed E-state index contributed by atoms with van der Waals surface area (Å²) in [6.45, 7) is 12.9. The Morgan fingerprint density at radius 1 is 1.25 bits per heavy atom. The van der Waals surface area contributed by atoms with Gasteiger partial charge >= 0.3 is 5.97 Å². The van der Waals surface area contributed by atoms with Crippen LogP contribution in [-0.2, 0) is 9.53 Å². The molecule has 0 aliphatic heterocycles. The summed E-state index contributed by atoms with van der Waals surface area (Å²) in [4.78, 5) is 11.6. The van der Waals surface area contributed by atoms with Crippen LogP contribution in [0.4, 0.5) is 0 Å². The highest BCUT2D eigenvalue weighted by molar-refractivity contribution is 5.70. The first-order chi connectivity index (χ1) is 7.12. The molecule has 0 spiro atoms. The van der Waals surface area contributed by atoms with Gasteiger partial charge < -0.3 is 10.5 Å². The molecule has 0 aliphatic rings. The van der Waals surface area contributed by atoms with Gasteiger partial charge in [-0.05, 0) is 19.3 Å². The van der Waals surface area contributed by atoms with Crippen LogP contribution in [0.15, 0.2) is 0 Å². The van der Waals surface area contributed by atoms with Gasteiger partial charge in [-0.1, -0.05) is 34.6 Å². The molecule has 3 nitrogen and oxygen atoms in total. The summed E-state index contributed by atoms with van der Waals surface area (Å²) in [5.41, 5.74) is 4.87.